The number of rotatable bonds is 7. The molecule has 1 fully saturated rings. The van der Waals surface area contributed by atoms with Gasteiger partial charge in [-0.1, -0.05) is 25.3 Å². The fourth-order valence-corrected chi connectivity index (χ4v) is 2.27. The molecule has 1 heterocycles. The van der Waals surface area contributed by atoms with Gasteiger partial charge >= 0.3 is 0 Å². The fraction of sp³-hybridized carbons (Fsp3) is 0.294. The first-order valence-electron chi connectivity index (χ1n) is 7.42. The summed E-state index contributed by atoms with van der Waals surface area (Å²) in [5.74, 6) is -0.0220. The van der Waals surface area contributed by atoms with E-state index in [4.69, 9.17) is 15.4 Å². The highest BCUT2D eigenvalue weighted by Crippen LogP contribution is 2.21. The van der Waals surface area contributed by atoms with Crippen LogP contribution in [0.15, 0.2) is 60.2 Å². The van der Waals surface area contributed by atoms with Crippen LogP contribution in [0.5, 0.6) is 0 Å². The van der Waals surface area contributed by atoms with E-state index in [9.17, 15) is 0 Å². The number of hydrogen-bond acceptors (Lipinski definition) is 6. The van der Waals surface area contributed by atoms with E-state index in [1.807, 2.05) is 24.3 Å². The van der Waals surface area contributed by atoms with Crippen molar-refractivity contribution in [1.29, 1.82) is 5.53 Å². The van der Waals surface area contributed by atoms with Crippen LogP contribution in [0.2, 0.25) is 0 Å². The molecule has 1 aromatic carbocycles. The van der Waals surface area contributed by atoms with Crippen molar-refractivity contribution in [3.8, 4) is 0 Å². The highest BCUT2D eigenvalue weighted by Gasteiger charge is 2.13. The number of ether oxygens (including phenoxy) is 1. The Kier molecular flexibility index (Phi) is 5.94. The lowest BCUT2D eigenvalue weighted by Gasteiger charge is -2.30. The molecule has 0 spiro atoms. The molecule has 0 radical (unpaired) electrons. The molecule has 0 saturated carbocycles. The Bertz CT molecular complexity index is 602. The molecule has 1 aliphatic rings. The fourth-order valence-electron chi connectivity index (χ4n) is 2.27. The van der Waals surface area contributed by atoms with Crippen LogP contribution >= 0.6 is 0 Å². The number of aliphatic hydroxyl groups is 1. The van der Waals surface area contributed by atoms with E-state index in [1.165, 1.54) is 0 Å². The largest absolute Gasteiger partial charge is 0.513 e. The van der Waals surface area contributed by atoms with Crippen molar-refractivity contribution < 1.29 is 9.84 Å². The SMILES string of the molecule is C=C(O)C/C(=C/Nc1ccc(C(=C)N2CCOCC2)cc1)N=N. The van der Waals surface area contributed by atoms with E-state index in [2.05, 4.69) is 28.5 Å². The van der Waals surface area contributed by atoms with Crippen molar-refractivity contribution in [3.05, 3.63) is 60.6 Å². The van der Waals surface area contributed by atoms with Crippen molar-refractivity contribution in [2.24, 2.45) is 5.11 Å². The van der Waals surface area contributed by atoms with E-state index >= 15 is 0 Å². The van der Waals surface area contributed by atoms with Gasteiger partial charge in [-0.15, -0.1) is 0 Å². The Balaban J connectivity index is 1.98. The van der Waals surface area contributed by atoms with Crippen molar-refractivity contribution >= 4 is 11.4 Å². The van der Waals surface area contributed by atoms with Crippen LogP contribution < -0.4 is 5.32 Å². The molecule has 0 unspecified atom stereocenters. The standard InChI is InChI=1S/C17H22N4O2/c1-13(22)11-17(20-18)12-19-16-5-3-15(4-6-16)14(2)21-7-9-23-10-8-21/h3-6,12,18-19,22H,1-2,7-11H2/b17-12-,20-18?. The molecule has 6 heteroatoms. The third-order valence-corrected chi connectivity index (χ3v) is 3.55. The van der Waals surface area contributed by atoms with Crippen LogP contribution in [0, 0.1) is 5.53 Å². The topological polar surface area (TPSA) is 80.9 Å². The summed E-state index contributed by atoms with van der Waals surface area (Å²) >= 11 is 0. The van der Waals surface area contributed by atoms with Crippen LogP contribution in [0.1, 0.15) is 12.0 Å². The second kappa shape index (κ2) is 8.14. The zero-order valence-electron chi connectivity index (χ0n) is 13.1. The maximum absolute atomic E-state index is 9.14. The first kappa shape index (κ1) is 16.8. The van der Waals surface area contributed by atoms with Gasteiger partial charge in [0.15, 0.2) is 0 Å². The summed E-state index contributed by atoms with van der Waals surface area (Å²) in [4.78, 5) is 2.22. The van der Waals surface area contributed by atoms with E-state index in [0.717, 1.165) is 43.3 Å². The first-order valence-corrected chi connectivity index (χ1v) is 7.42. The molecule has 122 valence electrons. The monoisotopic (exact) mass is 314 g/mol. The number of nitrogens with one attached hydrogen (secondary N) is 2. The van der Waals surface area contributed by atoms with Crippen molar-refractivity contribution in [2.45, 2.75) is 6.42 Å². The Labute approximate surface area is 136 Å². The van der Waals surface area contributed by atoms with Crippen LogP contribution in [-0.2, 0) is 4.74 Å². The average Bonchev–Trinajstić information content (AvgIpc) is 2.59. The number of anilines is 1. The normalized spacial score (nSPS) is 15.1. The summed E-state index contributed by atoms with van der Waals surface area (Å²) in [6.45, 7) is 10.7. The molecule has 0 aromatic heterocycles. The smallest absolute Gasteiger partial charge is 0.0911 e. The summed E-state index contributed by atoms with van der Waals surface area (Å²) in [6.07, 6.45) is 1.74. The summed E-state index contributed by atoms with van der Waals surface area (Å²) in [5, 5.41) is 15.5. The molecule has 1 saturated heterocycles. The number of hydrogen-bond donors (Lipinski definition) is 3. The van der Waals surface area contributed by atoms with Crippen molar-refractivity contribution in [3.63, 3.8) is 0 Å². The molecule has 1 aliphatic heterocycles. The van der Waals surface area contributed by atoms with Gasteiger partial charge in [0.25, 0.3) is 0 Å². The zero-order valence-corrected chi connectivity index (χ0v) is 13.1. The quantitative estimate of drug-likeness (QED) is 0.529. The van der Waals surface area contributed by atoms with Crippen LogP contribution in [0.3, 0.4) is 0 Å². The third-order valence-electron chi connectivity index (χ3n) is 3.55. The van der Waals surface area contributed by atoms with Crippen LogP contribution in [-0.4, -0.2) is 36.3 Å². The number of aliphatic hydroxyl groups excluding tert-OH is 1. The van der Waals surface area contributed by atoms with Gasteiger partial charge in [-0.05, 0) is 17.7 Å². The minimum Gasteiger partial charge on any atom is -0.513 e. The third kappa shape index (κ3) is 4.96. The molecule has 0 bridgehead atoms. The maximum atomic E-state index is 9.14. The van der Waals surface area contributed by atoms with Gasteiger partial charge in [-0.25, -0.2) is 5.53 Å². The van der Waals surface area contributed by atoms with E-state index in [-0.39, 0.29) is 12.2 Å². The molecular weight excluding hydrogens is 292 g/mol. The lowest BCUT2D eigenvalue weighted by Crippen LogP contribution is -2.34. The number of benzene rings is 1. The summed E-state index contributed by atoms with van der Waals surface area (Å²) in [6, 6.07) is 7.87. The van der Waals surface area contributed by atoms with Crippen molar-refractivity contribution in [2.75, 3.05) is 31.6 Å². The predicted molar refractivity (Wildman–Crippen MR) is 91.1 cm³/mol. The highest BCUT2D eigenvalue weighted by atomic mass is 16.5. The zero-order chi connectivity index (χ0) is 16.7. The molecule has 0 atom stereocenters. The Morgan fingerprint density at radius 1 is 1.30 bits per heavy atom. The van der Waals surface area contributed by atoms with Crippen LogP contribution in [0.25, 0.3) is 5.70 Å². The van der Waals surface area contributed by atoms with Gasteiger partial charge in [0.2, 0.25) is 0 Å². The molecule has 1 aromatic rings. The minimum absolute atomic E-state index is 0.0220. The number of nitrogens with zero attached hydrogens (tertiary/aromatic N) is 2. The molecule has 2 rings (SSSR count). The number of morpholine rings is 1. The van der Waals surface area contributed by atoms with Gasteiger partial charge in [0.05, 0.1) is 24.7 Å². The summed E-state index contributed by atoms with van der Waals surface area (Å²) in [7, 11) is 0. The van der Waals surface area contributed by atoms with Gasteiger partial charge in [-0.2, -0.15) is 5.11 Å². The first-order chi connectivity index (χ1) is 11.1. The molecule has 3 N–H and O–H groups in total. The molecular formula is C17H22N4O2. The Hall–Kier alpha value is -2.60. The van der Waals surface area contributed by atoms with E-state index in [0.29, 0.717) is 5.70 Å². The molecule has 0 aliphatic carbocycles. The van der Waals surface area contributed by atoms with Gasteiger partial charge in [0.1, 0.15) is 0 Å². The minimum atomic E-state index is -0.0220. The second-order valence-corrected chi connectivity index (χ2v) is 5.26. The average molecular weight is 314 g/mol. The lowest BCUT2D eigenvalue weighted by molar-refractivity contribution is 0.0641. The Morgan fingerprint density at radius 3 is 2.52 bits per heavy atom. The van der Waals surface area contributed by atoms with Crippen LogP contribution in [0.4, 0.5) is 5.69 Å². The van der Waals surface area contributed by atoms with E-state index in [1.54, 1.807) is 6.20 Å². The molecule has 23 heavy (non-hydrogen) atoms. The maximum Gasteiger partial charge on any atom is 0.0911 e. The Morgan fingerprint density at radius 2 is 1.96 bits per heavy atom. The summed E-state index contributed by atoms with van der Waals surface area (Å²) < 4.78 is 5.35. The molecule has 0 amide bonds. The predicted octanol–water partition coefficient (Wildman–Crippen LogP) is 3.74. The summed E-state index contributed by atoms with van der Waals surface area (Å²) in [5.41, 5.74) is 10.4. The lowest BCUT2D eigenvalue weighted by atomic mass is 10.1. The highest BCUT2D eigenvalue weighted by molar-refractivity contribution is 5.64. The van der Waals surface area contributed by atoms with Gasteiger partial charge in [0, 0.05) is 37.1 Å². The second-order valence-electron chi connectivity index (χ2n) is 5.26. The molecule has 6 nitrogen and oxygen atoms in total. The van der Waals surface area contributed by atoms with E-state index < -0.39 is 0 Å². The van der Waals surface area contributed by atoms with Gasteiger partial charge in [-0.3, -0.25) is 0 Å². The van der Waals surface area contributed by atoms with Crippen molar-refractivity contribution in [1.82, 2.24) is 4.90 Å². The van der Waals surface area contributed by atoms with Gasteiger partial charge < -0.3 is 20.1 Å².